The predicted molar refractivity (Wildman–Crippen MR) is 84.6 cm³/mol. The summed E-state index contributed by atoms with van der Waals surface area (Å²) in [5, 5.41) is 0. The molecule has 1 rings (SSSR count). The lowest BCUT2D eigenvalue weighted by molar-refractivity contribution is -0.144. The molecule has 8 heteroatoms. The molecule has 0 amide bonds. The summed E-state index contributed by atoms with van der Waals surface area (Å²) in [4.78, 5) is 33.7. The van der Waals surface area contributed by atoms with Gasteiger partial charge in [-0.05, 0) is 31.0 Å². The largest absolute Gasteiger partial charge is 0.465 e. The fourth-order valence-electron chi connectivity index (χ4n) is 1.74. The Morgan fingerprint density at radius 3 is 2.17 bits per heavy atom. The highest BCUT2D eigenvalue weighted by atomic mass is 35.5. The molecule has 0 fully saturated rings. The molecule has 1 aromatic rings. The van der Waals surface area contributed by atoms with Crippen LogP contribution < -0.4 is 15.2 Å². The van der Waals surface area contributed by atoms with Gasteiger partial charge in [-0.15, -0.1) is 12.4 Å². The van der Waals surface area contributed by atoms with Crippen LogP contribution in [-0.2, 0) is 25.5 Å². The number of hydrogen-bond acceptors (Lipinski definition) is 7. The number of benzene rings is 1. The number of carbonyl (C=O) groups excluding carboxylic acids is 3. The van der Waals surface area contributed by atoms with Crippen molar-refractivity contribution in [3.8, 4) is 11.5 Å². The van der Waals surface area contributed by atoms with Gasteiger partial charge < -0.3 is 19.9 Å². The van der Waals surface area contributed by atoms with E-state index in [2.05, 4.69) is 0 Å². The van der Waals surface area contributed by atoms with Crippen molar-refractivity contribution in [3.05, 3.63) is 23.8 Å². The molecule has 0 saturated heterocycles. The molecule has 23 heavy (non-hydrogen) atoms. The third-order valence-electron chi connectivity index (χ3n) is 2.56. The number of esters is 3. The lowest BCUT2D eigenvalue weighted by Crippen LogP contribution is -2.34. The summed E-state index contributed by atoms with van der Waals surface area (Å²) in [6, 6.07) is 3.78. The first kappa shape index (κ1) is 20.9. The molecule has 0 aliphatic carbocycles. The predicted octanol–water partition coefficient (Wildman–Crippen LogP) is 1.39. The summed E-state index contributed by atoms with van der Waals surface area (Å²) in [5.41, 5.74) is 6.38. The lowest BCUT2D eigenvalue weighted by Gasteiger charge is -2.13. The van der Waals surface area contributed by atoms with Crippen LogP contribution in [0.2, 0.25) is 0 Å². The first-order chi connectivity index (χ1) is 10.3. The molecule has 1 atom stereocenters. The van der Waals surface area contributed by atoms with E-state index < -0.39 is 23.9 Å². The molecular formula is C15H20ClNO6. The highest BCUT2D eigenvalue weighted by Crippen LogP contribution is 2.29. The Hall–Kier alpha value is -2.12. The van der Waals surface area contributed by atoms with Gasteiger partial charge >= 0.3 is 17.9 Å². The molecule has 0 saturated carbocycles. The standard InChI is InChI=1S/C15H19NO6.ClH/c1-4-20-15(19)12(16)7-11-5-6-13(21-9(2)17)14(8-11)22-10(3)18;/h5-6,8,12H,4,7,16H2,1-3H3;1H/t12-;/m0./s1. The van der Waals surface area contributed by atoms with Crippen molar-refractivity contribution in [2.45, 2.75) is 33.2 Å². The zero-order valence-electron chi connectivity index (χ0n) is 13.2. The quantitative estimate of drug-likeness (QED) is 0.613. The minimum atomic E-state index is -0.829. The van der Waals surface area contributed by atoms with Gasteiger partial charge in [-0.25, -0.2) is 0 Å². The van der Waals surface area contributed by atoms with Gasteiger partial charge in [0.25, 0.3) is 0 Å². The van der Waals surface area contributed by atoms with Crippen molar-refractivity contribution in [1.82, 2.24) is 0 Å². The lowest BCUT2D eigenvalue weighted by atomic mass is 10.1. The number of rotatable bonds is 6. The van der Waals surface area contributed by atoms with E-state index in [1.165, 1.54) is 26.0 Å². The van der Waals surface area contributed by atoms with E-state index in [1.807, 2.05) is 0 Å². The van der Waals surface area contributed by atoms with Crippen LogP contribution in [-0.4, -0.2) is 30.6 Å². The maximum Gasteiger partial charge on any atom is 0.323 e. The first-order valence-corrected chi connectivity index (χ1v) is 6.75. The van der Waals surface area contributed by atoms with Gasteiger partial charge in [0.1, 0.15) is 6.04 Å². The van der Waals surface area contributed by atoms with E-state index in [-0.39, 0.29) is 36.9 Å². The second-order valence-corrected chi connectivity index (χ2v) is 4.53. The van der Waals surface area contributed by atoms with E-state index in [0.717, 1.165) is 0 Å². The SMILES string of the molecule is CCOC(=O)[C@@H](N)Cc1ccc(OC(C)=O)c(OC(C)=O)c1.Cl. The average Bonchev–Trinajstić information content (AvgIpc) is 2.40. The highest BCUT2D eigenvalue weighted by molar-refractivity contribution is 5.85. The normalized spacial score (nSPS) is 11.0. The van der Waals surface area contributed by atoms with Crippen LogP contribution in [0.3, 0.4) is 0 Å². The monoisotopic (exact) mass is 345 g/mol. The Balaban J connectivity index is 0.00000484. The van der Waals surface area contributed by atoms with E-state index in [0.29, 0.717) is 5.56 Å². The first-order valence-electron chi connectivity index (χ1n) is 6.75. The van der Waals surface area contributed by atoms with Crippen LogP contribution in [0.15, 0.2) is 18.2 Å². The van der Waals surface area contributed by atoms with Gasteiger partial charge in [-0.3, -0.25) is 14.4 Å². The topological polar surface area (TPSA) is 105 Å². The van der Waals surface area contributed by atoms with Crippen molar-refractivity contribution >= 4 is 30.3 Å². The molecule has 0 aliphatic heterocycles. The minimum Gasteiger partial charge on any atom is -0.465 e. The van der Waals surface area contributed by atoms with E-state index >= 15 is 0 Å². The van der Waals surface area contributed by atoms with Crippen LogP contribution in [0, 0.1) is 0 Å². The van der Waals surface area contributed by atoms with Crippen molar-refractivity contribution in [1.29, 1.82) is 0 Å². The molecule has 0 aliphatic rings. The summed E-state index contributed by atoms with van der Waals surface area (Å²) >= 11 is 0. The van der Waals surface area contributed by atoms with E-state index in [1.54, 1.807) is 13.0 Å². The Morgan fingerprint density at radius 2 is 1.65 bits per heavy atom. The number of hydrogen-bond donors (Lipinski definition) is 1. The maximum atomic E-state index is 11.5. The molecule has 0 bridgehead atoms. The van der Waals surface area contributed by atoms with Crippen molar-refractivity contribution in [3.63, 3.8) is 0 Å². The molecular weight excluding hydrogens is 326 g/mol. The zero-order chi connectivity index (χ0) is 16.7. The van der Waals surface area contributed by atoms with Crippen LogP contribution in [0.25, 0.3) is 0 Å². The Labute approximate surface area is 140 Å². The smallest absolute Gasteiger partial charge is 0.323 e. The number of halogens is 1. The molecule has 0 spiro atoms. The summed E-state index contributed by atoms with van der Waals surface area (Å²) in [5.74, 6) is -1.39. The van der Waals surface area contributed by atoms with E-state index in [9.17, 15) is 14.4 Å². The van der Waals surface area contributed by atoms with Crippen molar-refractivity contribution < 1.29 is 28.6 Å². The van der Waals surface area contributed by atoms with E-state index in [4.69, 9.17) is 19.9 Å². The third kappa shape index (κ3) is 7.12. The number of carbonyl (C=O) groups is 3. The molecule has 128 valence electrons. The van der Waals surface area contributed by atoms with Crippen LogP contribution in [0.4, 0.5) is 0 Å². The van der Waals surface area contributed by atoms with Gasteiger partial charge in [0.15, 0.2) is 11.5 Å². The van der Waals surface area contributed by atoms with Gasteiger partial charge in [0.05, 0.1) is 6.61 Å². The van der Waals surface area contributed by atoms with Gasteiger partial charge in [-0.1, -0.05) is 6.07 Å². The summed E-state index contributed by atoms with van der Waals surface area (Å²) in [6.45, 7) is 4.41. The van der Waals surface area contributed by atoms with Crippen LogP contribution in [0.5, 0.6) is 11.5 Å². The van der Waals surface area contributed by atoms with Crippen LogP contribution in [0.1, 0.15) is 26.3 Å². The Morgan fingerprint density at radius 1 is 1.09 bits per heavy atom. The van der Waals surface area contributed by atoms with Crippen LogP contribution >= 0.6 is 12.4 Å². The zero-order valence-corrected chi connectivity index (χ0v) is 14.0. The summed E-state index contributed by atoms with van der Waals surface area (Å²) < 4.78 is 14.8. The number of ether oxygens (including phenoxy) is 3. The molecule has 0 unspecified atom stereocenters. The minimum absolute atomic E-state index is 0. The highest BCUT2D eigenvalue weighted by Gasteiger charge is 2.17. The second kappa shape index (κ2) is 9.81. The van der Waals surface area contributed by atoms with Gasteiger partial charge in [0, 0.05) is 13.8 Å². The molecule has 2 N–H and O–H groups in total. The Kier molecular flexibility index (Phi) is 8.90. The number of nitrogens with two attached hydrogens (primary N) is 1. The molecule has 0 aromatic heterocycles. The fourth-order valence-corrected chi connectivity index (χ4v) is 1.74. The van der Waals surface area contributed by atoms with Gasteiger partial charge in [-0.2, -0.15) is 0 Å². The molecule has 0 heterocycles. The molecule has 1 aromatic carbocycles. The summed E-state index contributed by atoms with van der Waals surface area (Å²) in [7, 11) is 0. The molecule has 0 radical (unpaired) electrons. The average molecular weight is 346 g/mol. The second-order valence-electron chi connectivity index (χ2n) is 4.53. The Bertz CT molecular complexity index is 575. The maximum absolute atomic E-state index is 11.5. The molecule has 7 nitrogen and oxygen atoms in total. The van der Waals surface area contributed by atoms with Gasteiger partial charge in [0.2, 0.25) is 0 Å². The fraction of sp³-hybridized carbons (Fsp3) is 0.400. The summed E-state index contributed by atoms with van der Waals surface area (Å²) in [6.07, 6.45) is 0.202. The van der Waals surface area contributed by atoms with Crippen molar-refractivity contribution in [2.24, 2.45) is 5.73 Å². The van der Waals surface area contributed by atoms with Crippen molar-refractivity contribution in [2.75, 3.05) is 6.61 Å². The third-order valence-corrected chi connectivity index (χ3v) is 2.56.